The lowest BCUT2D eigenvalue weighted by atomic mass is 9.98. The van der Waals surface area contributed by atoms with Crippen LogP contribution in [0, 0.1) is 0 Å². The predicted octanol–water partition coefficient (Wildman–Crippen LogP) is 1.68. The molecular formula is C14H19NO4S. The Hall–Kier alpha value is -1.56. The van der Waals surface area contributed by atoms with E-state index in [1.807, 2.05) is 6.07 Å². The van der Waals surface area contributed by atoms with Crippen LogP contribution in [0.4, 0.5) is 5.69 Å². The van der Waals surface area contributed by atoms with Crippen molar-refractivity contribution < 1.29 is 17.9 Å². The monoisotopic (exact) mass is 297 g/mol. The maximum atomic E-state index is 11.7. The molecule has 1 aromatic rings. The zero-order chi connectivity index (χ0) is 14.9. The van der Waals surface area contributed by atoms with E-state index in [0.717, 1.165) is 11.1 Å². The van der Waals surface area contributed by atoms with Crippen LogP contribution >= 0.6 is 0 Å². The summed E-state index contributed by atoms with van der Waals surface area (Å²) in [5.41, 5.74) is 2.54. The van der Waals surface area contributed by atoms with Gasteiger partial charge in [0.1, 0.15) is 0 Å². The highest BCUT2D eigenvalue weighted by Crippen LogP contribution is 2.32. The van der Waals surface area contributed by atoms with Gasteiger partial charge in [-0.25, -0.2) is 8.42 Å². The van der Waals surface area contributed by atoms with Gasteiger partial charge in [-0.05, 0) is 37.5 Å². The maximum absolute atomic E-state index is 11.7. The summed E-state index contributed by atoms with van der Waals surface area (Å²) < 4.78 is 29.7. The molecule has 2 rings (SSSR count). The fourth-order valence-corrected chi connectivity index (χ4v) is 3.37. The second-order valence-corrected chi connectivity index (χ2v) is 6.85. The molecule has 0 saturated carbocycles. The normalized spacial score (nSPS) is 15.8. The van der Waals surface area contributed by atoms with E-state index in [1.54, 1.807) is 26.0 Å². The molecule has 0 spiro atoms. The van der Waals surface area contributed by atoms with E-state index < -0.39 is 10.0 Å². The van der Waals surface area contributed by atoms with Crippen LogP contribution in [0.3, 0.4) is 0 Å². The number of rotatable bonds is 4. The molecule has 20 heavy (non-hydrogen) atoms. The molecule has 5 nitrogen and oxygen atoms in total. The number of nitrogens with zero attached hydrogens (tertiary/aromatic N) is 1. The zero-order valence-corrected chi connectivity index (χ0v) is 12.7. The summed E-state index contributed by atoms with van der Waals surface area (Å²) in [6.45, 7) is 4.39. The Kier molecular flexibility index (Phi) is 4.04. The Morgan fingerprint density at radius 3 is 2.75 bits per heavy atom. The average Bonchev–Trinajstić information content (AvgIpc) is 2.80. The topological polar surface area (TPSA) is 63.7 Å². The smallest absolute Gasteiger partial charge is 0.313 e. The van der Waals surface area contributed by atoms with Gasteiger partial charge in [-0.2, -0.15) is 0 Å². The quantitative estimate of drug-likeness (QED) is 0.793. The average molecular weight is 297 g/mol. The molecule has 0 amide bonds. The van der Waals surface area contributed by atoms with Crippen LogP contribution in [0.15, 0.2) is 18.2 Å². The standard InChI is InChI=1S/C14H19NO4S/c1-4-19-14(16)10(2)11-5-6-13-12(9-11)7-8-15(13)20(3,17)18/h5-6,9-10H,4,7-8H2,1-3H3/t10-/m0/s1. The number of ether oxygens (including phenoxy) is 1. The number of hydrogen-bond acceptors (Lipinski definition) is 4. The van der Waals surface area contributed by atoms with Gasteiger partial charge in [-0.15, -0.1) is 0 Å². The molecule has 1 aromatic carbocycles. The van der Waals surface area contributed by atoms with Crippen LogP contribution in [0.5, 0.6) is 0 Å². The van der Waals surface area contributed by atoms with E-state index in [-0.39, 0.29) is 11.9 Å². The van der Waals surface area contributed by atoms with Gasteiger partial charge in [0.25, 0.3) is 0 Å². The lowest BCUT2D eigenvalue weighted by Gasteiger charge is -2.17. The van der Waals surface area contributed by atoms with E-state index in [4.69, 9.17) is 4.74 Å². The highest BCUT2D eigenvalue weighted by molar-refractivity contribution is 7.92. The predicted molar refractivity (Wildman–Crippen MR) is 77.4 cm³/mol. The van der Waals surface area contributed by atoms with E-state index in [1.165, 1.54) is 10.6 Å². The number of esters is 1. The summed E-state index contributed by atoms with van der Waals surface area (Å²) in [6, 6.07) is 5.47. The van der Waals surface area contributed by atoms with Gasteiger partial charge >= 0.3 is 5.97 Å². The van der Waals surface area contributed by atoms with Crippen LogP contribution in [-0.4, -0.2) is 33.8 Å². The van der Waals surface area contributed by atoms with Crippen molar-refractivity contribution in [3.05, 3.63) is 29.3 Å². The van der Waals surface area contributed by atoms with E-state index in [2.05, 4.69) is 0 Å². The molecule has 1 heterocycles. The minimum Gasteiger partial charge on any atom is -0.466 e. The van der Waals surface area contributed by atoms with Crippen LogP contribution in [0.1, 0.15) is 30.9 Å². The number of carbonyl (C=O) groups is 1. The largest absolute Gasteiger partial charge is 0.466 e. The van der Waals surface area contributed by atoms with E-state index in [0.29, 0.717) is 25.3 Å². The SMILES string of the molecule is CCOC(=O)[C@@H](C)c1ccc2c(c1)CCN2S(C)(=O)=O. The van der Waals surface area contributed by atoms with Gasteiger partial charge in [-0.1, -0.05) is 12.1 Å². The first-order valence-corrected chi connectivity index (χ1v) is 8.46. The molecule has 0 unspecified atom stereocenters. The van der Waals surface area contributed by atoms with Gasteiger partial charge in [0.05, 0.1) is 24.5 Å². The lowest BCUT2D eigenvalue weighted by Crippen LogP contribution is -2.27. The molecule has 0 aromatic heterocycles. The number of hydrogen-bond donors (Lipinski definition) is 0. The van der Waals surface area contributed by atoms with Gasteiger partial charge in [0.15, 0.2) is 0 Å². The van der Waals surface area contributed by atoms with Crippen molar-refractivity contribution in [2.45, 2.75) is 26.2 Å². The number of anilines is 1. The molecule has 0 fully saturated rings. The maximum Gasteiger partial charge on any atom is 0.313 e. The Morgan fingerprint density at radius 1 is 1.45 bits per heavy atom. The molecule has 1 aliphatic heterocycles. The molecule has 110 valence electrons. The zero-order valence-electron chi connectivity index (χ0n) is 11.9. The highest BCUT2D eigenvalue weighted by Gasteiger charge is 2.27. The summed E-state index contributed by atoms with van der Waals surface area (Å²) in [7, 11) is -3.23. The van der Waals surface area contributed by atoms with Crippen LogP contribution in [0.25, 0.3) is 0 Å². The van der Waals surface area contributed by atoms with Crippen molar-refractivity contribution in [1.82, 2.24) is 0 Å². The van der Waals surface area contributed by atoms with Gasteiger partial charge in [-0.3, -0.25) is 9.10 Å². The molecule has 0 N–H and O–H groups in total. The van der Waals surface area contributed by atoms with Crippen LogP contribution in [0.2, 0.25) is 0 Å². The third-order valence-corrected chi connectivity index (χ3v) is 4.68. The fraction of sp³-hybridized carbons (Fsp3) is 0.500. The highest BCUT2D eigenvalue weighted by atomic mass is 32.2. The number of fused-ring (bicyclic) bond motifs is 1. The third kappa shape index (κ3) is 2.80. The number of sulfonamides is 1. The van der Waals surface area contributed by atoms with E-state index in [9.17, 15) is 13.2 Å². The summed E-state index contributed by atoms with van der Waals surface area (Å²) in [6.07, 6.45) is 1.88. The Morgan fingerprint density at radius 2 is 2.15 bits per heavy atom. The van der Waals surface area contributed by atoms with Crippen molar-refractivity contribution in [1.29, 1.82) is 0 Å². The first-order chi connectivity index (χ1) is 9.34. The first-order valence-electron chi connectivity index (χ1n) is 6.61. The van der Waals surface area contributed by atoms with Gasteiger partial charge in [0, 0.05) is 6.54 Å². The number of carbonyl (C=O) groups excluding carboxylic acids is 1. The fourth-order valence-electron chi connectivity index (χ4n) is 2.41. The first kappa shape index (κ1) is 14.8. The Bertz CT molecular complexity index is 624. The van der Waals surface area contributed by atoms with Crippen molar-refractivity contribution >= 4 is 21.7 Å². The molecule has 0 saturated heterocycles. The molecule has 0 radical (unpaired) electrons. The Labute approximate surface area is 119 Å². The molecular weight excluding hydrogens is 278 g/mol. The van der Waals surface area contributed by atoms with Crippen LogP contribution in [-0.2, 0) is 26.0 Å². The summed E-state index contributed by atoms with van der Waals surface area (Å²) >= 11 is 0. The van der Waals surface area contributed by atoms with Gasteiger partial charge in [0.2, 0.25) is 10.0 Å². The summed E-state index contributed by atoms with van der Waals surface area (Å²) in [4.78, 5) is 11.7. The van der Waals surface area contributed by atoms with Crippen LogP contribution < -0.4 is 4.31 Å². The third-order valence-electron chi connectivity index (χ3n) is 3.50. The molecule has 6 heteroatoms. The summed E-state index contributed by atoms with van der Waals surface area (Å²) in [5.74, 6) is -0.599. The van der Waals surface area contributed by atoms with Crippen molar-refractivity contribution in [2.75, 3.05) is 23.7 Å². The minimum atomic E-state index is -3.23. The molecule has 0 bridgehead atoms. The number of benzene rings is 1. The molecule has 1 aliphatic rings. The summed E-state index contributed by atoms with van der Waals surface area (Å²) in [5, 5.41) is 0. The van der Waals surface area contributed by atoms with Crippen molar-refractivity contribution in [3.63, 3.8) is 0 Å². The minimum absolute atomic E-state index is 0.259. The van der Waals surface area contributed by atoms with E-state index >= 15 is 0 Å². The second-order valence-electron chi connectivity index (χ2n) is 4.95. The van der Waals surface area contributed by atoms with Gasteiger partial charge < -0.3 is 4.74 Å². The second kappa shape index (κ2) is 5.44. The van der Waals surface area contributed by atoms with Crippen molar-refractivity contribution in [3.8, 4) is 0 Å². The van der Waals surface area contributed by atoms with Crippen molar-refractivity contribution in [2.24, 2.45) is 0 Å². The lowest BCUT2D eigenvalue weighted by molar-refractivity contribution is -0.144. The molecule has 1 atom stereocenters. The molecule has 0 aliphatic carbocycles. The Balaban J connectivity index is 2.29.